The van der Waals surface area contributed by atoms with Crippen LogP contribution in [0.2, 0.25) is 0 Å². The zero-order chi connectivity index (χ0) is 5.98. The molecule has 0 N–H and O–H groups in total. The number of carbonyl (C=O) groups is 1. The highest BCUT2D eigenvalue weighted by atomic mass is 16.1. The summed E-state index contributed by atoms with van der Waals surface area (Å²) in [7, 11) is 0. The van der Waals surface area contributed by atoms with Crippen LogP contribution in [0, 0.1) is 0 Å². The second kappa shape index (κ2) is 1.90. The van der Waals surface area contributed by atoms with Crippen LogP contribution in [0.1, 0.15) is 13.3 Å². The normalized spacial score (nSPS) is 17.1. The zero-order valence-electron chi connectivity index (χ0n) is 4.72. The summed E-state index contributed by atoms with van der Waals surface area (Å²) in [5.41, 5.74) is 0.810. The number of carbonyl (C=O) groups excluding carboxylic acids is 1. The predicted octanol–water partition coefficient (Wildman–Crippen LogP) is 0.934. The number of amides is 1. The van der Waals surface area contributed by atoms with Gasteiger partial charge in [0, 0.05) is 11.8 Å². The van der Waals surface area contributed by atoms with Crippen LogP contribution < -0.4 is 0 Å². The van der Waals surface area contributed by atoms with E-state index in [0.717, 1.165) is 12.0 Å². The van der Waals surface area contributed by atoms with Crippen molar-refractivity contribution in [1.29, 1.82) is 0 Å². The highest BCUT2D eigenvalue weighted by molar-refractivity contribution is 6.07. The van der Waals surface area contributed by atoms with Gasteiger partial charge in [0.15, 0.2) is 0 Å². The van der Waals surface area contributed by atoms with E-state index in [1.54, 1.807) is 12.3 Å². The van der Waals surface area contributed by atoms with Crippen LogP contribution in [-0.2, 0) is 4.79 Å². The SMILES string of the molecule is CCC1=CC=NC1=O. The molecule has 1 aliphatic heterocycles. The van der Waals surface area contributed by atoms with Crippen molar-refractivity contribution in [2.45, 2.75) is 13.3 Å². The molecule has 0 saturated heterocycles. The number of aliphatic imine (C=N–C) groups is 1. The van der Waals surface area contributed by atoms with Gasteiger partial charge in [0.25, 0.3) is 5.91 Å². The Labute approximate surface area is 47.9 Å². The first-order chi connectivity index (χ1) is 3.84. The Kier molecular flexibility index (Phi) is 1.24. The van der Waals surface area contributed by atoms with Crippen LogP contribution >= 0.6 is 0 Å². The lowest BCUT2D eigenvalue weighted by atomic mass is 10.2. The van der Waals surface area contributed by atoms with Gasteiger partial charge in [-0.25, -0.2) is 4.99 Å². The van der Waals surface area contributed by atoms with Gasteiger partial charge in [-0.2, -0.15) is 0 Å². The van der Waals surface area contributed by atoms with Gasteiger partial charge in [0.1, 0.15) is 0 Å². The van der Waals surface area contributed by atoms with Crippen LogP contribution in [0.4, 0.5) is 0 Å². The largest absolute Gasteiger partial charge is 0.272 e. The second-order valence-corrected chi connectivity index (χ2v) is 1.63. The molecule has 0 aromatic rings. The molecule has 2 heteroatoms. The first-order valence-corrected chi connectivity index (χ1v) is 2.62. The number of hydrogen-bond acceptors (Lipinski definition) is 1. The summed E-state index contributed by atoms with van der Waals surface area (Å²) in [6.07, 6.45) is 4.09. The Bertz CT molecular complexity index is 167. The molecule has 0 unspecified atom stereocenters. The molecule has 0 atom stereocenters. The monoisotopic (exact) mass is 109 g/mol. The summed E-state index contributed by atoms with van der Waals surface area (Å²) in [4.78, 5) is 14.1. The lowest BCUT2D eigenvalue weighted by molar-refractivity contribution is -0.114. The van der Waals surface area contributed by atoms with E-state index < -0.39 is 0 Å². The van der Waals surface area contributed by atoms with Crippen molar-refractivity contribution in [3.8, 4) is 0 Å². The molecule has 0 radical (unpaired) electrons. The smallest absolute Gasteiger partial charge is 0.267 e. The standard InChI is InChI=1S/C6H7NO/c1-2-5-3-4-7-6(5)8/h3-4H,2H2,1H3. The van der Waals surface area contributed by atoms with Crippen molar-refractivity contribution in [2.24, 2.45) is 4.99 Å². The van der Waals surface area contributed by atoms with Crippen LogP contribution in [-0.4, -0.2) is 12.1 Å². The van der Waals surface area contributed by atoms with Crippen molar-refractivity contribution < 1.29 is 4.79 Å². The number of allylic oxidation sites excluding steroid dienone is 1. The van der Waals surface area contributed by atoms with Gasteiger partial charge in [-0.15, -0.1) is 0 Å². The molecule has 2 nitrogen and oxygen atoms in total. The number of rotatable bonds is 1. The lowest BCUT2D eigenvalue weighted by Gasteiger charge is -1.86. The van der Waals surface area contributed by atoms with Gasteiger partial charge in [-0.3, -0.25) is 4.79 Å². The Morgan fingerprint density at radius 1 is 1.75 bits per heavy atom. The van der Waals surface area contributed by atoms with Crippen LogP contribution in [0.3, 0.4) is 0 Å². The summed E-state index contributed by atoms with van der Waals surface area (Å²) in [6.45, 7) is 1.94. The van der Waals surface area contributed by atoms with E-state index in [9.17, 15) is 4.79 Å². The summed E-state index contributed by atoms with van der Waals surface area (Å²) < 4.78 is 0. The quantitative estimate of drug-likeness (QED) is 0.492. The van der Waals surface area contributed by atoms with E-state index in [1.165, 1.54) is 0 Å². The van der Waals surface area contributed by atoms with Gasteiger partial charge in [-0.05, 0) is 12.5 Å². The van der Waals surface area contributed by atoms with Crippen LogP contribution in [0.15, 0.2) is 16.6 Å². The fourth-order valence-corrected chi connectivity index (χ4v) is 0.618. The molecule has 1 aliphatic rings. The third kappa shape index (κ3) is 0.689. The zero-order valence-corrected chi connectivity index (χ0v) is 4.72. The number of nitrogens with zero attached hydrogens (tertiary/aromatic N) is 1. The molecule has 42 valence electrons. The molecule has 0 saturated carbocycles. The highest BCUT2D eigenvalue weighted by Gasteiger charge is 2.06. The minimum Gasteiger partial charge on any atom is -0.267 e. The van der Waals surface area contributed by atoms with E-state index in [2.05, 4.69) is 4.99 Å². The molecule has 0 spiro atoms. The maximum Gasteiger partial charge on any atom is 0.272 e. The third-order valence-corrected chi connectivity index (χ3v) is 1.12. The average molecular weight is 109 g/mol. The molecule has 0 aliphatic carbocycles. The highest BCUT2D eigenvalue weighted by Crippen LogP contribution is 2.05. The van der Waals surface area contributed by atoms with E-state index in [4.69, 9.17) is 0 Å². The lowest BCUT2D eigenvalue weighted by Crippen LogP contribution is -1.90. The van der Waals surface area contributed by atoms with Crippen molar-refractivity contribution in [3.63, 3.8) is 0 Å². The second-order valence-electron chi connectivity index (χ2n) is 1.63. The van der Waals surface area contributed by atoms with E-state index in [1.807, 2.05) is 6.92 Å². The summed E-state index contributed by atoms with van der Waals surface area (Å²) in [6, 6.07) is 0. The third-order valence-electron chi connectivity index (χ3n) is 1.12. The Morgan fingerprint density at radius 2 is 2.50 bits per heavy atom. The molecular formula is C6H7NO. The van der Waals surface area contributed by atoms with Gasteiger partial charge < -0.3 is 0 Å². The van der Waals surface area contributed by atoms with Crippen molar-refractivity contribution in [2.75, 3.05) is 0 Å². The summed E-state index contributed by atoms with van der Waals surface area (Å²) in [5.74, 6) is -0.0764. The first-order valence-electron chi connectivity index (χ1n) is 2.62. The minimum atomic E-state index is -0.0764. The molecule has 0 aromatic carbocycles. The van der Waals surface area contributed by atoms with E-state index in [0.29, 0.717) is 0 Å². The topological polar surface area (TPSA) is 29.4 Å². The van der Waals surface area contributed by atoms with Gasteiger partial charge in [0.2, 0.25) is 0 Å². The molecular weight excluding hydrogens is 102 g/mol. The Balaban J connectivity index is 2.73. The molecule has 1 amide bonds. The molecule has 0 aromatic heterocycles. The van der Waals surface area contributed by atoms with E-state index >= 15 is 0 Å². The fraction of sp³-hybridized carbons (Fsp3) is 0.333. The van der Waals surface area contributed by atoms with E-state index in [-0.39, 0.29) is 5.91 Å². The summed E-state index contributed by atoms with van der Waals surface area (Å²) >= 11 is 0. The maximum absolute atomic E-state index is 10.5. The Morgan fingerprint density at radius 3 is 2.75 bits per heavy atom. The van der Waals surface area contributed by atoms with Crippen LogP contribution in [0.5, 0.6) is 0 Å². The van der Waals surface area contributed by atoms with Gasteiger partial charge >= 0.3 is 0 Å². The van der Waals surface area contributed by atoms with Gasteiger partial charge in [-0.1, -0.05) is 6.92 Å². The molecule has 8 heavy (non-hydrogen) atoms. The minimum absolute atomic E-state index is 0.0764. The maximum atomic E-state index is 10.5. The number of hydrogen-bond donors (Lipinski definition) is 0. The summed E-state index contributed by atoms with van der Waals surface area (Å²) in [5, 5.41) is 0. The Hall–Kier alpha value is -0.920. The van der Waals surface area contributed by atoms with Crippen molar-refractivity contribution >= 4 is 12.1 Å². The molecule has 0 bridgehead atoms. The fourth-order valence-electron chi connectivity index (χ4n) is 0.618. The average Bonchev–Trinajstić information content (AvgIpc) is 2.14. The predicted molar refractivity (Wildman–Crippen MR) is 31.9 cm³/mol. The van der Waals surface area contributed by atoms with Gasteiger partial charge in [0.05, 0.1) is 0 Å². The molecule has 1 rings (SSSR count). The van der Waals surface area contributed by atoms with Crippen molar-refractivity contribution in [1.82, 2.24) is 0 Å². The molecule has 0 fully saturated rings. The van der Waals surface area contributed by atoms with Crippen molar-refractivity contribution in [3.05, 3.63) is 11.6 Å². The molecule has 1 heterocycles. The van der Waals surface area contributed by atoms with Crippen LogP contribution in [0.25, 0.3) is 0 Å². The first kappa shape index (κ1) is 5.22.